The molecule has 0 unspecified atom stereocenters. The SMILES string of the molecule is CC1(NC(=O)COC(=O)c2ccccc2OC(=O)CCCCCON(O)O)COC(C)(C)OC1. The van der Waals surface area contributed by atoms with Crippen molar-refractivity contribution in [1.29, 1.82) is 0 Å². The monoisotopic (exact) mass is 484 g/mol. The van der Waals surface area contributed by atoms with Crippen LogP contribution in [0.5, 0.6) is 5.75 Å². The van der Waals surface area contributed by atoms with Crippen LogP contribution in [0.15, 0.2) is 24.3 Å². The zero-order chi connectivity index (χ0) is 25.2. The van der Waals surface area contributed by atoms with E-state index in [1.807, 2.05) is 0 Å². The second-order valence-corrected chi connectivity index (χ2v) is 8.53. The quantitative estimate of drug-likeness (QED) is 0.173. The number of nitrogens with zero attached hydrogens (tertiary/aromatic N) is 1. The predicted molar refractivity (Wildman–Crippen MR) is 115 cm³/mol. The highest BCUT2D eigenvalue weighted by Crippen LogP contribution is 2.23. The molecule has 1 aromatic carbocycles. The summed E-state index contributed by atoms with van der Waals surface area (Å²) in [7, 11) is 0. The topological polar surface area (TPSA) is 153 Å². The maximum absolute atomic E-state index is 12.5. The molecule has 1 aromatic rings. The van der Waals surface area contributed by atoms with Crippen LogP contribution in [0.2, 0.25) is 0 Å². The molecule has 1 saturated heterocycles. The number of hydrogen-bond acceptors (Lipinski definition) is 11. The number of unbranched alkanes of at least 4 members (excludes halogenated alkanes) is 2. The molecular formula is C22H32N2O10. The van der Waals surface area contributed by atoms with E-state index in [0.29, 0.717) is 19.3 Å². The average Bonchev–Trinajstić information content (AvgIpc) is 2.77. The predicted octanol–water partition coefficient (Wildman–Crippen LogP) is 1.98. The highest BCUT2D eigenvalue weighted by molar-refractivity contribution is 5.94. The number of carbonyl (C=O) groups excluding carboxylic acids is 3. The van der Waals surface area contributed by atoms with Gasteiger partial charge in [0.15, 0.2) is 12.4 Å². The van der Waals surface area contributed by atoms with Crippen LogP contribution in [0.4, 0.5) is 0 Å². The third-order valence-corrected chi connectivity index (χ3v) is 4.81. The second-order valence-electron chi connectivity index (χ2n) is 8.53. The van der Waals surface area contributed by atoms with Crippen molar-refractivity contribution in [2.24, 2.45) is 0 Å². The summed E-state index contributed by atoms with van der Waals surface area (Å²) >= 11 is 0. The molecule has 12 heteroatoms. The molecule has 0 atom stereocenters. The van der Waals surface area contributed by atoms with Crippen LogP contribution in [0.3, 0.4) is 0 Å². The molecule has 2 rings (SSSR count). The van der Waals surface area contributed by atoms with Gasteiger partial charge in [-0.2, -0.15) is 0 Å². The Bertz CT molecular complexity index is 833. The van der Waals surface area contributed by atoms with Crippen molar-refractivity contribution >= 4 is 17.8 Å². The zero-order valence-corrected chi connectivity index (χ0v) is 19.6. The molecule has 12 nitrogen and oxygen atoms in total. The van der Waals surface area contributed by atoms with E-state index in [2.05, 4.69) is 10.2 Å². The molecule has 0 bridgehead atoms. The van der Waals surface area contributed by atoms with Crippen LogP contribution < -0.4 is 10.1 Å². The molecular weight excluding hydrogens is 452 g/mol. The van der Waals surface area contributed by atoms with Crippen molar-refractivity contribution in [2.45, 2.75) is 57.8 Å². The summed E-state index contributed by atoms with van der Waals surface area (Å²) in [6.07, 6.45) is 1.67. The third-order valence-electron chi connectivity index (χ3n) is 4.81. The van der Waals surface area contributed by atoms with Gasteiger partial charge < -0.3 is 24.3 Å². The Hall–Kier alpha value is -2.61. The van der Waals surface area contributed by atoms with Crippen LogP contribution in [0, 0.1) is 0 Å². The summed E-state index contributed by atoms with van der Waals surface area (Å²) < 4.78 is 21.5. The van der Waals surface area contributed by atoms with Crippen molar-refractivity contribution in [1.82, 2.24) is 10.7 Å². The van der Waals surface area contributed by atoms with Gasteiger partial charge in [-0.25, -0.2) is 4.79 Å². The lowest BCUT2D eigenvalue weighted by Gasteiger charge is -2.41. The van der Waals surface area contributed by atoms with E-state index in [-0.39, 0.29) is 42.9 Å². The van der Waals surface area contributed by atoms with Crippen molar-refractivity contribution in [3.63, 3.8) is 0 Å². The Morgan fingerprint density at radius 3 is 2.41 bits per heavy atom. The molecule has 0 aromatic heterocycles. The summed E-state index contributed by atoms with van der Waals surface area (Å²) in [5.74, 6) is -2.57. The third kappa shape index (κ3) is 9.71. The first-order valence-electron chi connectivity index (χ1n) is 10.9. The zero-order valence-electron chi connectivity index (χ0n) is 19.6. The van der Waals surface area contributed by atoms with Gasteiger partial charge in [0.2, 0.25) is 0 Å². The highest BCUT2D eigenvalue weighted by atomic mass is 17.1. The Morgan fingerprint density at radius 2 is 1.74 bits per heavy atom. The fourth-order valence-corrected chi connectivity index (χ4v) is 3.00. The molecule has 0 saturated carbocycles. The summed E-state index contributed by atoms with van der Waals surface area (Å²) in [6.45, 7) is 5.36. The second kappa shape index (κ2) is 12.7. The number of hydrogen-bond donors (Lipinski definition) is 3. The number of amides is 1. The summed E-state index contributed by atoms with van der Waals surface area (Å²) in [6, 6.07) is 6.07. The van der Waals surface area contributed by atoms with E-state index in [4.69, 9.17) is 29.4 Å². The normalized spacial score (nSPS) is 16.6. The lowest BCUT2D eigenvalue weighted by Crippen LogP contribution is -2.59. The van der Waals surface area contributed by atoms with Crippen LogP contribution in [-0.4, -0.2) is 71.4 Å². The lowest BCUT2D eigenvalue weighted by atomic mass is 10.0. The molecule has 0 spiro atoms. The standard InChI is InChI=1S/C22H32N2O10/c1-21(2)31-14-22(3,15-32-21)23-18(25)13-30-20(27)16-9-6-7-10-17(16)34-19(26)11-5-4-8-12-33-24(28)29/h6-7,9-10,28-29H,4-5,8,11-15H2,1-3H3,(H,23,25). The van der Waals surface area contributed by atoms with Crippen molar-refractivity contribution in [3.8, 4) is 5.75 Å². The van der Waals surface area contributed by atoms with E-state index >= 15 is 0 Å². The Kier molecular flexibility index (Phi) is 10.4. The fraction of sp³-hybridized carbons (Fsp3) is 0.591. The number of para-hydroxylation sites is 1. The van der Waals surface area contributed by atoms with Gasteiger partial charge in [0.25, 0.3) is 5.91 Å². The first kappa shape index (κ1) is 27.6. The van der Waals surface area contributed by atoms with E-state index in [9.17, 15) is 14.4 Å². The number of carbonyl (C=O) groups is 3. The summed E-state index contributed by atoms with van der Waals surface area (Å²) in [5, 5.41) is 19.2. The highest BCUT2D eigenvalue weighted by Gasteiger charge is 2.37. The Morgan fingerprint density at radius 1 is 1.06 bits per heavy atom. The fourth-order valence-electron chi connectivity index (χ4n) is 3.00. The van der Waals surface area contributed by atoms with Gasteiger partial charge in [-0.15, -0.1) is 0 Å². The summed E-state index contributed by atoms with van der Waals surface area (Å²) in [4.78, 5) is 41.3. The van der Waals surface area contributed by atoms with E-state index < -0.39 is 35.8 Å². The van der Waals surface area contributed by atoms with Gasteiger partial charge >= 0.3 is 11.9 Å². The summed E-state index contributed by atoms with van der Waals surface area (Å²) in [5.41, 5.74) is -0.742. The van der Waals surface area contributed by atoms with Crippen LogP contribution in [-0.2, 0) is 28.6 Å². The molecule has 1 heterocycles. The van der Waals surface area contributed by atoms with E-state index in [1.54, 1.807) is 32.9 Å². The molecule has 0 radical (unpaired) electrons. The van der Waals surface area contributed by atoms with Gasteiger partial charge in [0.05, 0.1) is 30.7 Å². The molecule has 3 N–H and O–H groups in total. The molecule has 1 aliphatic heterocycles. The Labute approximate surface area is 197 Å². The van der Waals surface area contributed by atoms with Gasteiger partial charge in [-0.3, -0.25) is 24.8 Å². The van der Waals surface area contributed by atoms with Crippen LogP contribution >= 0.6 is 0 Å². The minimum Gasteiger partial charge on any atom is -0.452 e. The van der Waals surface area contributed by atoms with Gasteiger partial charge in [0, 0.05) is 6.42 Å². The molecule has 1 fully saturated rings. The lowest BCUT2D eigenvalue weighted by molar-refractivity contribution is -0.492. The number of esters is 2. The number of nitrogens with one attached hydrogen (secondary N) is 1. The van der Waals surface area contributed by atoms with Crippen molar-refractivity contribution < 1.29 is 48.6 Å². The molecule has 34 heavy (non-hydrogen) atoms. The largest absolute Gasteiger partial charge is 0.452 e. The smallest absolute Gasteiger partial charge is 0.342 e. The number of benzene rings is 1. The van der Waals surface area contributed by atoms with Crippen LogP contribution in [0.25, 0.3) is 0 Å². The van der Waals surface area contributed by atoms with Crippen molar-refractivity contribution in [2.75, 3.05) is 26.4 Å². The maximum atomic E-state index is 12.5. The average molecular weight is 485 g/mol. The first-order chi connectivity index (χ1) is 16.0. The molecule has 0 aliphatic carbocycles. The Balaban J connectivity index is 1.79. The van der Waals surface area contributed by atoms with Gasteiger partial charge in [0.1, 0.15) is 11.3 Å². The maximum Gasteiger partial charge on any atom is 0.342 e. The van der Waals surface area contributed by atoms with Crippen LogP contribution in [0.1, 0.15) is 56.8 Å². The van der Waals surface area contributed by atoms with Gasteiger partial charge in [-0.1, -0.05) is 18.6 Å². The van der Waals surface area contributed by atoms with Crippen molar-refractivity contribution in [3.05, 3.63) is 29.8 Å². The van der Waals surface area contributed by atoms with E-state index in [1.165, 1.54) is 12.1 Å². The minimum atomic E-state index is -0.810. The van der Waals surface area contributed by atoms with E-state index in [0.717, 1.165) is 0 Å². The van der Waals surface area contributed by atoms with Gasteiger partial charge in [-0.05, 0) is 45.7 Å². The number of ether oxygens (including phenoxy) is 4. The molecule has 1 amide bonds. The first-order valence-corrected chi connectivity index (χ1v) is 10.9. The molecule has 1 aliphatic rings. The molecule has 190 valence electrons. The minimum absolute atomic E-state index is 0.0142. The number of rotatable bonds is 12.